The van der Waals surface area contributed by atoms with E-state index in [1.807, 2.05) is 0 Å². The number of rotatable bonds is 3. The van der Waals surface area contributed by atoms with Crippen LogP contribution in [0.25, 0.3) is 0 Å². The van der Waals surface area contributed by atoms with Crippen LogP contribution in [0.5, 0.6) is 0 Å². The lowest BCUT2D eigenvalue weighted by Gasteiger charge is -2.31. The molecule has 2 fully saturated rings. The first-order valence-electron chi connectivity index (χ1n) is 6.99. The lowest BCUT2D eigenvalue weighted by Crippen LogP contribution is -2.55. The summed E-state index contributed by atoms with van der Waals surface area (Å²) in [5.74, 6) is 0.334. The fraction of sp³-hybridized carbons (Fsp3) is 0.857. The summed E-state index contributed by atoms with van der Waals surface area (Å²) in [6.07, 6.45) is 6.61. The summed E-state index contributed by atoms with van der Waals surface area (Å²) in [5.41, 5.74) is -0.759. The van der Waals surface area contributed by atoms with Crippen molar-refractivity contribution in [1.29, 1.82) is 0 Å². The fourth-order valence-corrected chi connectivity index (χ4v) is 2.92. The highest BCUT2D eigenvalue weighted by Gasteiger charge is 2.46. The highest BCUT2D eigenvalue weighted by molar-refractivity contribution is 5.90. The number of hydrogen-bond acceptors (Lipinski definition) is 3. The van der Waals surface area contributed by atoms with Gasteiger partial charge < -0.3 is 10.1 Å². The molecule has 102 valence electrons. The van der Waals surface area contributed by atoms with E-state index in [1.165, 1.54) is 7.11 Å². The number of carbonyl (C=O) groups excluding carboxylic acids is 2. The molecule has 2 aliphatic rings. The van der Waals surface area contributed by atoms with E-state index in [0.717, 1.165) is 32.1 Å². The average Bonchev–Trinajstić information content (AvgIpc) is 3.12. The second kappa shape index (κ2) is 5.29. The van der Waals surface area contributed by atoms with E-state index in [1.54, 1.807) is 0 Å². The van der Waals surface area contributed by atoms with Crippen LogP contribution in [0.1, 0.15) is 51.9 Å². The second-order valence-corrected chi connectivity index (χ2v) is 5.80. The van der Waals surface area contributed by atoms with Crippen LogP contribution in [0.2, 0.25) is 0 Å². The summed E-state index contributed by atoms with van der Waals surface area (Å²) >= 11 is 0. The minimum Gasteiger partial charge on any atom is -0.467 e. The van der Waals surface area contributed by atoms with E-state index in [0.29, 0.717) is 18.8 Å². The maximum absolute atomic E-state index is 12.1. The number of esters is 1. The third-order valence-corrected chi connectivity index (χ3v) is 4.34. The third-order valence-electron chi connectivity index (χ3n) is 4.34. The number of carbonyl (C=O) groups is 2. The Labute approximate surface area is 108 Å². The smallest absolute Gasteiger partial charge is 0.331 e. The van der Waals surface area contributed by atoms with Gasteiger partial charge in [-0.1, -0.05) is 32.6 Å². The topological polar surface area (TPSA) is 55.4 Å². The summed E-state index contributed by atoms with van der Waals surface area (Å²) in [4.78, 5) is 24.2. The van der Waals surface area contributed by atoms with Crippen LogP contribution >= 0.6 is 0 Å². The minimum atomic E-state index is -0.759. The van der Waals surface area contributed by atoms with Gasteiger partial charge in [0.05, 0.1) is 7.11 Å². The maximum atomic E-state index is 12.1. The first-order valence-corrected chi connectivity index (χ1v) is 6.99. The molecule has 0 saturated heterocycles. The van der Waals surface area contributed by atoms with E-state index in [4.69, 9.17) is 4.74 Å². The molecule has 0 radical (unpaired) electrons. The molecular formula is C14H23NO3. The number of ether oxygens (including phenoxy) is 1. The Kier molecular flexibility index (Phi) is 3.93. The van der Waals surface area contributed by atoms with Crippen LogP contribution in [0, 0.1) is 11.8 Å². The first-order chi connectivity index (χ1) is 8.59. The zero-order valence-corrected chi connectivity index (χ0v) is 11.3. The molecule has 0 bridgehead atoms. The lowest BCUT2D eigenvalue weighted by molar-refractivity contribution is -0.152. The molecular weight excluding hydrogens is 230 g/mol. The highest BCUT2D eigenvalue weighted by atomic mass is 16.5. The first kappa shape index (κ1) is 13.4. The van der Waals surface area contributed by atoms with E-state index < -0.39 is 5.54 Å². The van der Waals surface area contributed by atoms with Gasteiger partial charge in [0, 0.05) is 5.92 Å². The molecule has 0 aromatic carbocycles. The van der Waals surface area contributed by atoms with Crippen LogP contribution in [-0.2, 0) is 14.3 Å². The van der Waals surface area contributed by atoms with Gasteiger partial charge in [-0.25, -0.2) is 4.79 Å². The lowest BCUT2D eigenvalue weighted by atomic mass is 9.89. The Balaban J connectivity index is 2.08. The molecule has 4 nitrogen and oxygen atoms in total. The van der Waals surface area contributed by atoms with Gasteiger partial charge in [-0.2, -0.15) is 0 Å². The van der Waals surface area contributed by atoms with Gasteiger partial charge in [0.15, 0.2) is 0 Å². The Hall–Kier alpha value is -1.06. The Morgan fingerprint density at radius 1 is 1.17 bits per heavy atom. The van der Waals surface area contributed by atoms with Crippen molar-refractivity contribution in [3.63, 3.8) is 0 Å². The Bertz CT molecular complexity index is 332. The van der Waals surface area contributed by atoms with E-state index >= 15 is 0 Å². The van der Waals surface area contributed by atoms with Crippen LogP contribution in [-0.4, -0.2) is 24.5 Å². The summed E-state index contributed by atoms with van der Waals surface area (Å²) in [6.45, 7) is 2.07. The van der Waals surface area contributed by atoms with E-state index in [-0.39, 0.29) is 17.8 Å². The number of amides is 1. The van der Waals surface area contributed by atoms with Crippen LogP contribution in [0.4, 0.5) is 0 Å². The van der Waals surface area contributed by atoms with Crippen molar-refractivity contribution in [1.82, 2.24) is 5.32 Å². The van der Waals surface area contributed by atoms with E-state index in [2.05, 4.69) is 12.2 Å². The number of methoxy groups -OCH3 is 1. The second-order valence-electron chi connectivity index (χ2n) is 5.80. The summed E-state index contributed by atoms with van der Waals surface area (Å²) < 4.78 is 4.92. The predicted molar refractivity (Wildman–Crippen MR) is 67.9 cm³/mol. The molecule has 2 atom stereocenters. The molecule has 0 aromatic rings. The fourth-order valence-electron chi connectivity index (χ4n) is 2.92. The monoisotopic (exact) mass is 253 g/mol. The number of hydrogen-bond donors (Lipinski definition) is 1. The minimum absolute atomic E-state index is 0.0369. The number of nitrogens with one attached hydrogen (secondary N) is 1. The van der Waals surface area contributed by atoms with Gasteiger partial charge >= 0.3 is 5.97 Å². The summed E-state index contributed by atoms with van der Waals surface area (Å²) in [5, 5.41) is 3.00. The SMILES string of the molecule is COC(=O)C1(NC(=O)C2CC2C)CCCCCC1. The average molecular weight is 253 g/mol. The van der Waals surface area contributed by atoms with Gasteiger partial charge in [0.1, 0.15) is 5.54 Å². The van der Waals surface area contributed by atoms with E-state index in [9.17, 15) is 9.59 Å². The van der Waals surface area contributed by atoms with Gasteiger partial charge in [-0.15, -0.1) is 0 Å². The van der Waals surface area contributed by atoms with Gasteiger partial charge in [0.2, 0.25) is 5.91 Å². The Morgan fingerprint density at radius 2 is 1.72 bits per heavy atom. The maximum Gasteiger partial charge on any atom is 0.331 e. The quantitative estimate of drug-likeness (QED) is 0.618. The van der Waals surface area contributed by atoms with Crippen molar-refractivity contribution in [3.05, 3.63) is 0 Å². The molecule has 4 heteroatoms. The third kappa shape index (κ3) is 2.68. The zero-order chi connectivity index (χ0) is 13.2. The van der Waals surface area contributed by atoms with Gasteiger partial charge in [0.25, 0.3) is 0 Å². The zero-order valence-electron chi connectivity index (χ0n) is 11.3. The molecule has 0 aromatic heterocycles. The molecule has 2 unspecified atom stereocenters. The standard InChI is InChI=1S/C14H23NO3/c1-10-9-11(10)12(16)15-14(13(17)18-2)7-5-3-4-6-8-14/h10-11H,3-9H2,1-2H3,(H,15,16). The molecule has 0 aliphatic heterocycles. The summed E-state index contributed by atoms with van der Waals surface area (Å²) in [7, 11) is 1.40. The molecule has 0 heterocycles. The van der Waals surface area contributed by atoms with Gasteiger partial charge in [-0.05, 0) is 25.2 Å². The van der Waals surface area contributed by atoms with Crippen LogP contribution in [0.15, 0.2) is 0 Å². The van der Waals surface area contributed by atoms with Crippen LogP contribution < -0.4 is 5.32 Å². The van der Waals surface area contributed by atoms with Crippen molar-refractivity contribution in [2.75, 3.05) is 7.11 Å². The molecule has 18 heavy (non-hydrogen) atoms. The predicted octanol–water partition coefficient (Wildman–Crippen LogP) is 2.02. The Morgan fingerprint density at radius 3 is 2.17 bits per heavy atom. The van der Waals surface area contributed by atoms with Gasteiger partial charge in [-0.3, -0.25) is 4.79 Å². The largest absolute Gasteiger partial charge is 0.467 e. The van der Waals surface area contributed by atoms with Crippen molar-refractivity contribution in [3.8, 4) is 0 Å². The summed E-state index contributed by atoms with van der Waals surface area (Å²) in [6, 6.07) is 0. The molecule has 1 amide bonds. The van der Waals surface area contributed by atoms with Crippen molar-refractivity contribution < 1.29 is 14.3 Å². The van der Waals surface area contributed by atoms with Crippen molar-refractivity contribution in [2.24, 2.45) is 11.8 Å². The highest BCUT2D eigenvalue weighted by Crippen LogP contribution is 2.39. The molecule has 1 N–H and O–H groups in total. The molecule has 2 saturated carbocycles. The molecule has 2 aliphatic carbocycles. The normalized spacial score (nSPS) is 30.1. The van der Waals surface area contributed by atoms with Crippen molar-refractivity contribution >= 4 is 11.9 Å². The van der Waals surface area contributed by atoms with Crippen LogP contribution in [0.3, 0.4) is 0 Å². The van der Waals surface area contributed by atoms with Crippen molar-refractivity contribution in [2.45, 2.75) is 57.4 Å². The molecule has 0 spiro atoms. The molecule has 2 rings (SSSR count).